The molecule has 0 radical (unpaired) electrons. The molecule has 5 heteroatoms. The van der Waals surface area contributed by atoms with E-state index in [0.29, 0.717) is 29.1 Å². The van der Waals surface area contributed by atoms with Crippen LogP contribution in [0.1, 0.15) is 22.3 Å². The molecular formula is C21H16N2O2S. The summed E-state index contributed by atoms with van der Waals surface area (Å²) in [5.41, 5.74) is 2.76. The number of nitrogens with zero attached hydrogens (tertiary/aromatic N) is 2. The minimum Gasteiger partial charge on any atom is -0.303 e. The Labute approximate surface area is 155 Å². The molecule has 2 aromatic carbocycles. The van der Waals surface area contributed by atoms with Crippen LogP contribution in [0.5, 0.6) is 0 Å². The van der Waals surface area contributed by atoms with Crippen molar-refractivity contribution in [2.75, 3.05) is 0 Å². The SMILES string of the molecule is O=Nc1cccc2c1SC1=C(C=CC=CC1)N(Cc1ccccc1)C2=O. The van der Waals surface area contributed by atoms with Gasteiger partial charge in [-0.05, 0) is 35.4 Å². The zero-order valence-electron chi connectivity index (χ0n) is 14.0. The van der Waals surface area contributed by atoms with E-state index in [1.807, 2.05) is 48.6 Å². The van der Waals surface area contributed by atoms with Gasteiger partial charge in [0, 0.05) is 4.91 Å². The van der Waals surface area contributed by atoms with Crippen molar-refractivity contribution in [2.45, 2.75) is 17.9 Å². The summed E-state index contributed by atoms with van der Waals surface area (Å²) in [6, 6.07) is 15.0. The molecule has 0 bridgehead atoms. The molecule has 0 N–H and O–H groups in total. The molecule has 128 valence electrons. The van der Waals surface area contributed by atoms with E-state index in [2.05, 4.69) is 11.3 Å². The maximum absolute atomic E-state index is 13.4. The van der Waals surface area contributed by atoms with Crippen molar-refractivity contribution in [1.29, 1.82) is 0 Å². The van der Waals surface area contributed by atoms with Crippen LogP contribution in [0.25, 0.3) is 0 Å². The summed E-state index contributed by atoms with van der Waals surface area (Å²) >= 11 is 1.47. The van der Waals surface area contributed by atoms with Crippen LogP contribution in [-0.4, -0.2) is 10.8 Å². The number of amides is 1. The average molecular weight is 360 g/mol. The van der Waals surface area contributed by atoms with Gasteiger partial charge in [0.05, 0.1) is 22.7 Å². The molecule has 26 heavy (non-hydrogen) atoms. The highest BCUT2D eigenvalue weighted by Crippen LogP contribution is 2.44. The minimum absolute atomic E-state index is 0.113. The third kappa shape index (κ3) is 3.02. The van der Waals surface area contributed by atoms with E-state index in [4.69, 9.17) is 0 Å². The zero-order valence-corrected chi connectivity index (χ0v) is 14.8. The van der Waals surface area contributed by atoms with Gasteiger partial charge < -0.3 is 4.90 Å². The van der Waals surface area contributed by atoms with Crippen molar-refractivity contribution in [2.24, 2.45) is 5.18 Å². The van der Waals surface area contributed by atoms with E-state index in [9.17, 15) is 9.70 Å². The van der Waals surface area contributed by atoms with Gasteiger partial charge >= 0.3 is 0 Å². The molecule has 0 fully saturated rings. The van der Waals surface area contributed by atoms with Crippen LogP contribution >= 0.6 is 11.8 Å². The van der Waals surface area contributed by atoms with E-state index in [-0.39, 0.29) is 5.91 Å². The maximum Gasteiger partial charge on any atom is 0.259 e. The number of carbonyl (C=O) groups excluding carboxylic acids is 1. The van der Waals surface area contributed by atoms with Crippen molar-refractivity contribution in [3.8, 4) is 0 Å². The Bertz CT molecular complexity index is 961. The Balaban J connectivity index is 1.87. The summed E-state index contributed by atoms with van der Waals surface area (Å²) in [7, 11) is 0. The first-order valence-corrected chi connectivity index (χ1v) is 9.16. The largest absolute Gasteiger partial charge is 0.303 e. The minimum atomic E-state index is -0.113. The Morgan fingerprint density at radius 2 is 1.88 bits per heavy atom. The maximum atomic E-state index is 13.4. The molecule has 0 atom stereocenters. The number of thioether (sulfide) groups is 1. The molecular weight excluding hydrogens is 344 g/mol. The van der Waals surface area contributed by atoms with Crippen molar-refractivity contribution >= 4 is 23.4 Å². The molecule has 4 nitrogen and oxygen atoms in total. The van der Waals surface area contributed by atoms with Crippen LogP contribution in [0.2, 0.25) is 0 Å². The normalized spacial score (nSPS) is 16.0. The van der Waals surface area contributed by atoms with Crippen LogP contribution in [-0.2, 0) is 6.54 Å². The lowest BCUT2D eigenvalue weighted by Crippen LogP contribution is -2.29. The molecule has 0 spiro atoms. The van der Waals surface area contributed by atoms with Crippen molar-refractivity contribution in [1.82, 2.24) is 4.90 Å². The Morgan fingerprint density at radius 3 is 2.69 bits per heavy atom. The number of fused-ring (bicyclic) bond motifs is 1. The number of nitroso groups, excluding NO2 is 1. The number of benzene rings is 2. The molecule has 0 saturated carbocycles. The number of hydrogen-bond acceptors (Lipinski definition) is 4. The van der Waals surface area contributed by atoms with E-state index in [1.54, 1.807) is 23.1 Å². The zero-order chi connectivity index (χ0) is 17.9. The Hall–Kier alpha value is -2.92. The van der Waals surface area contributed by atoms with Gasteiger partial charge in [0.15, 0.2) is 0 Å². The quantitative estimate of drug-likeness (QED) is 0.673. The number of hydrogen-bond donors (Lipinski definition) is 0. The van der Waals surface area contributed by atoms with Crippen molar-refractivity contribution in [3.63, 3.8) is 0 Å². The standard InChI is InChI=1S/C21H16N2O2S/c24-21-16-10-7-11-17(22-25)20(16)26-19-13-6-2-5-12-18(19)23(21)14-15-8-3-1-4-9-15/h1-12H,13-14H2. The molecule has 1 aliphatic carbocycles. The second-order valence-electron chi connectivity index (χ2n) is 6.02. The van der Waals surface area contributed by atoms with E-state index < -0.39 is 0 Å². The highest BCUT2D eigenvalue weighted by Gasteiger charge is 2.30. The van der Waals surface area contributed by atoms with Crippen LogP contribution < -0.4 is 0 Å². The summed E-state index contributed by atoms with van der Waals surface area (Å²) in [6.07, 6.45) is 8.65. The van der Waals surface area contributed by atoms with Gasteiger partial charge in [-0.2, -0.15) is 0 Å². The van der Waals surface area contributed by atoms with Crippen LogP contribution in [0.3, 0.4) is 0 Å². The van der Waals surface area contributed by atoms with Gasteiger partial charge in [-0.3, -0.25) is 4.79 Å². The molecule has 0 saturated heterocycles. The second kappa shape index (κ2) is 7.14. The molecule has 4 rings (SSSR count). The predicted octanol–water partition coefficient (Wildman–Crippen LogP) is 5.56. The summed E-state index contributed by atoms with van der Waals surface area (Å²) in [5, 5.41) is 3.13. The number of allylic oxidation sites excluding steroid dienone is 5. The van der Waals surface area contributed by atoms with Crippen molar-refractivity contribution in [3.05, 3.63) is 99.5 Å². The predicted molar refractivity (Wildman–Crippen MR) is 104 cm³/mol. The van der Waals surface area contributed by atoms with E-state index in [0.717, 1.165) is 16.2 Å². The van der Waals surface area contributed by atoms with E-state index >= 15 is 0 Å². The first kappa shape index (κ1) is 16.5. The summed E-state index contributed by atoms with van der Waals surface area (Å²) < 4.78 is 0. The fourth-order valence-corrected chi connectivity index (χ4v) is 4.29. The van der Waals surface area contributed by atoms with Crippen molar-refractivity contribution < 1.29 is 4.79 Å². The highest BCUT2D eigenvalue weighted by atomic mass is 32.2. The topological polar surface area (TPSA) is 49.7 Å². The number of rotatable bonds is 3. The lowest BCUT2D eigenvalue weighted by Gasteiger charge is -2.24. The van der Waals surface area contributed by atoms with Gasteiger partial charge in [0.2, 0.25) is 0 Å². The van der Waals surface area contributed by atoms with Crippen LogP contribution in [0.4, 0.5) is 5.69 Å². The first-order valence-electron chi connectivity index (χ1n) is 8.34. The lowest BCUT2D eigenvalue weighted by atomic mass is 10.1. The van der Waals surface area contributed by atoms with E-state index in [1.165, 1.54) is 11.8 Å². The summed E-state index contributed by atoms with van der Waals surface area (Å²) in [6.45, 7) is 0.474. The molecule has 1 aliphatic heterocycles. The third-order valence-corrected chi connectivity index (χ3v) is 5.61. The molecule has 1 amide bonds. The third-order valence-electron chi connectivity index (χ3n) is 4.36. The molecule has 1 heterocycles. The molecule has 0 unspecified atom stereocenters. The Morgan fingerprint density at radius 1 is 1.04 bits per heavy atom. The number of carbonyl (C=O) groups is 1. The smallest absolute Gasteiger partial charge is 0.259 e. The molecule has 2 aliphatic rings. The lowest BCUT2D eigenvalue weighted by molar-refractivity contribution is 0.0798. The van der Waals surface area contributed by atoms with Gasteiger partial charge in [-0.25, -0.2) is 0 Å². The first-order chi connectivity index (χ1) is 12.8. The fraction of sp³-hybridized carbons (Fsp3) is 0.0952. The highest BCUT2D eigenvalue weighted by molar-refractivity contribution is 8.03. The summed E-state index contributed by atoms with van der Waals surface area (Å²) in [5.74, 6) is -0.113. The van der Waals surface area contributed by atoms with Crippen LogP contribution in [0, 0.1) is 4.91 Å². The van der Waals surface area contributed by atoms with Crippen LogP contribution in [0.15, 0.2) is 93.5 Å². The second-order valence-corrected chi connectivity index (χ2v) is 7.13. The van der Waals surface area contributed by atoms with Gasteiger partial charge in [0.1, 0.15) is 5.69 Å². The molecule has 0 aromatic heterocycles. The van der Waals surface area contributed by atoms with Gasteiger partial charge in [0.25, 0.3) is 5.91 Å². The average Bonchev–Trinajstić information content (AvgIpc) is 2.96. The fourth-order valence-electron chi connectivity index (χ4n) is 3.11. The molecule has 2 aromatic rings. The van der Waals surface area contributed by atoms with Gasteiger partial charge in [-0.15, -0.1) is 4.91 Å². The Kier molecular flexibility index (Phi) is 4.54. The monoisotopic (exact) mass is 360 g/mol. The summed E-state index contributed by atoms with van der Waals surface area (Å²) in [4.78, 5) is 28.1. The van der Waals surface area contributed by atoms with Gasteiger partial charge in [-0.1, -0.05) is 66.4 Å².